The number of piperazine rings is 1. The quantitative estimate of drug-likeness (QED) is 0.911. The summed E-state index contributed by atoms with van der Waals surface area (Å²) in [6.07, 6.45) is 0. The van der Waals surface area contributed by atoms with Crippen molar-refractivity contribution in [3.63, 3.8) is 0 Å². The van der Waals surface area contributed by atoms with Crippen LogP contribution in [0.15, 0.2) is 24.3 Å². The summed E-state index contributed by atoms with van der Waals surface area (Å²) in [4.78, 5) is 2.55. The van der Waals surface area contributed by atoms with E-state index in [9.17, 15) is 0 Å². The van der Waals surface area contributed by atoms with Gasteiger partial charge >= 0.3 is 0 Å². The highest BCUT2D eigenvalue weighted by Gasteiger charge is 2.14. The average molecular weight is 257 g/mol. The lowest BCUT2D eigenvalue weighted by molar-refractivity contribution is 0.228. The number of aromatic nitrogens is 1. The Hall–Kier alpha value is -1.32. The molecule has 3 heteroatoms. The maximum Gasteiger partial charge on any atom is 0.0512 e. The van der Waals surface area contributed by atoms with Gasteiger partial charge in [0.25, 0.3) is 0 Å². The van der Waals surface area contributed by atoms with Gasteiger partial charge in [0.15, 0.2) is 0 Å². The van der Waals surface area contributed by atoms with E-state index in [4.69, 9.17) is 0 Å². The fourth-order valence-electron chi connectivity index (χ4n) is 3.16. The zero-order valence-electron chi connectivity index (χ0n) is 11.9. The molecule has 1 aromatic heterocycles. The number of benzene rings is 1. The van der Waals surface area contributed by atoms with Gasteiger partial charge in [-0.2, -0.15) is 0 Å². The van der Waals surface area contributed by atoms with E-state index < -0.39 is 0 Å². The average Bonchev–Trinajstić information content (AvgIpc) is 2.78. The minimum Gasteiger partial charge on any atom is -0.343 e. The molecule has 2 heterocycles. The van der Waals surface area contributed by atoms with Crippen molar-refractivity contribution < 1.29 is 0 Å². The van der Waals surface area contributed by atoms with Crippen molar-refractivity contribution in [3.8, 4) is 0 Å². The molecular weight excluding hydrogens is 234 g/mol. The second kappa shape index (κ2) is 5.35. The van der Waals surface area contributed by atoms with E-state index in [1.807, 2.05) is 0 Å². The third-order valence-corrected chi connectivity index (χ3v) is 4.12. The van der Waals surface area contributed by atoms with E-state index in [2.05, 4.69) is 52.9 Å². The Bertz CT molecular complexity index is 565. The van der Waals surface area contributed by atoms with Gasteiger partial charge in [-0.05, 0) is 25.5 Å². The van der Waals surface area contributed by atoms with E-state index in [-0.39, 0.29) is 0 Å². The topological polar surface area (TPSA) is 20.2 Å². The maximum absolute atomic E-state index is 3.42. The second-order valence-electron chi connectivity index (χ2n) is 5.42. The van der Waals surface area contributed by atoms with Gasteiger partial charge in [0.1, 0.15) is 0 Å². The smallest absolute Gasteiger partial charge is 0.0512 e. The fourth-order valence-corrected chi connectivity index (χ4v) is 3.16. The van der Waals surface area contributed by atoms with E-state index in [0.717, 1.165) is 39.3 Å². The molecule has 102 valence electrons. The van der Waals surface area contributed by atoms with Gasteiger partial charge in [0.2, 0.25) is 0 Å². The van der Waals surface area contributed by atoms with Crippen LogP contribution in [-0.4, -0.2) is 35.6 Å². The van der Waals surface area contributed by atoms with Crippen LogP contribution < -0.4 is 5.32 Å². The minimum absolute atomic E-state index is 1.05. The number of nitrogens with zero attached hydrogens (tertiary/aromatic N) is 2. The first kappa shape index (κ1) is 12.7. The predicted octanol–water partition coefficient (Wildman–Crippen LogP) is 2.37. The van der Waals surface area contributed by atoms with E-state index >= 15 is 0 Å². The van der Waals surface area contributed by atoms with Crippen molar-refractivity contribution in [1.82, 2.24) is 14.8 Å². The molecule has 1 saturated heterocycles. The SMILES string of the molecule is CCn1c(CN2CCNCC2)cc2cccc(C)c21. The molecule has 1 aliphatic rings. The van der Waals surface area contributed by atoms with Crippen LogP contribution in [0, 0.1) is 6.92 Å². The summed E-state index contributed by atoms with van der Waals surface area (Å²) >= 11 is 0. The molecule has 0 aliphatic carbocycles. The first-order valence-corrected chi connectivity index (χ1v) is 7.30. The molecular formula is C16H23N3. The largest absolute Gasteiger partial charge is 0.343 e. The Morgan fingerprint density at radius 2 is 2.00 bits per heavy atom. The van der Waals surface area contributed by atoms with Gasteiger partial charge in [0.05, 0.1) is 5.52 Å². The highest BCUT2D eigenvalue weighted by Crippen LogP contribution is 2.24. The molecule has 1 N–H and O–H groups in total. The highest BCUT2D eigenvalue weighted by molar-refractivity contribution is 5.84. The summed E-state index contributed by atoms with van der Waals surface area (Å²) in [5, 5.41) is 4.80. The number of nitrogens with one attached hydrogen (secondary N) is 1. The minimum atomic E-state index is 1.05. The Morgan fingerprint density at radius 3 is 2.74 bits per heavy atom. The number of hydrogen-bond donors (Lipinski definition) is 1. The van der Waals surface area contributed by atoms with Crippen LogP contribution in [0.4, 0.5) is 0 Å². The molecule has 0 saturated carbocycles. The summed E-state index contributed by atoms with van der Waals surface area (Å²) in [5.74, 6) is 0. The second-order valence-corrected chi connectivity index (χ2v) is 5.42. The van der Waals surface area contributed by atoms with E-state index in [0.29, 0.717) is 0 Å². The lowest BCUT2D eigenvalue weighted by Gasteiger charge is -2.27. The number of rotatable bonds is 3. The molecule has 1 fully saturated rings. The molecule has 0 bridgehead atoms. The molecule has 1 aliphatic heterocycles. The standard InChI is InChI=1S/C16H23N3/c1-3-19-15(12-18-9-7-17-8-10-18)11-14-6-4-5-13(2)16(14)19/h4-6,11,17H,3,7-10,12H2,1-2H3. The van der Waals surface area contributed by atoms with Gasteiger partial charge in [-0.15, -0.1) is 0 Å². The van der Waals surface area contributed by atoms with Crippen LogP contribution in [0.3, 0.4) is 0 Å². The van der Waals surface area contributed by atoms with Crippen molar-refractivity contribution in [3.05, 3.63) is 35.5 Å². The van der Waals surface area contributed by atoms with Crippen LogP contribution in [0.5, 0.6) is 0 Å². The van der Waals surface area contributed by atoms with Gasteiger partial charge < -0.3 is 9.88 Å². The summed E-state index contributed by atoms with van der Waals surface area (Å²) in [6, 6.07) is 8.97. The molecule has 0 unspecified atom stereocenters. The van der Waals surface area contributed by atoms with Crippen LogP contribution in [0.1, 0.15) is 18.2 Å². The predicted molar refractivity (Wildman–Crippen MR) is 80.5 cm³/mol. The lowest BCUT2D eigenvalue weighted by atomic mass is 10.2. The normalized spacial score (nSPS) is 17.2. The van der Waals surface area contributed by atoms with Crippen LogP contribution >= 0.6 is 0 Å². The molecule has 3 nitrogen and oxygen atoms in total. The van der Waals surface area contributed by atoms with Crippen molar-refractivity contribution >= 4 is 10.9 Å². The van der Waals surface area contributed by atoms with Crippen LogP contribution in [0.2, 0.25) is 0 Å². The van der Waals surface area contributed by atoms with Gasteiger partial charge in [-0.25, -0.2) is 0 Å². The van der Waals surface area contributed by atoms with Gasteiger partial charge in [0, 0.05) is 50.3 Å². The molecule has 0 amide bonds. The molecule has 1 aromatic carbocycles. The Morgan fingerprint density at radius 1 is 1.21 bits per heavy atom. The third kappa shape index (κ3) is 2.40. The van der Waals surface area contributed by atoms with Crippen molar-refractivity contribution in [2.75, 3.05) is 26.2 Å². The number of fused-ring (bicyclic) bond motifs is 1. The highest BCUT2D eigenvalue weighted by atomic mass is 15.2. The van der Waals surface area contributed by atoms with Crippen molar-refractivity contribution in [1.29, 1.82) is 0 Å². The first-order chi connectivity index (χ1) is 9.29. The Kier molecular flexibility index (Phi) is 3.58. The van der Waals surface area contributed by atoms with E-state index in [1.165, 1.54) is 22.2 Å². The van der Waals surface area contributed by atoms with Crippen molar-refractivity contribution in [2.24, 2.45) is 0 Å². The maximum atomic E-state index is 3.42. The Labute approximate surface area is 115 Å². The molecule has 0 atom stereocenters. The first-order valence-electron chi connectivity index (χ1n) is 7.30. The zero-order valence-corrected chi connectivity index (χ0v) is 11.9. The molecule has 3 rings (SSSR count). The molecule has 2 aromatic rings. The zero-order chi connectivity index (χ0) is 13.2. The van der Waals surface area contributed by atoms with Gasteiger partial charge in [-0.3, -0.25) is 4.90 Å². The summed E-state index contributed by atoms with van der Waals surface area (Å²) in [5.41, 5.74) is 4.25. The molecule has 19 heavy (non-hydrogen) atoms. The lowest BCUT2D eigenvalue weighted by Crippen LogP contribution is -2.43. The fraction of sp³-hybridized carbons (Fsp3) is 0.500. The number of hydrogen-bond acceptors (Lipinski definition) is 2. The van der Waals surface area contributed by atoms with Crippen LogP contribution in [0.25, 0.3) is 10.9 Å². The summed E-state index contributed by atoms with van der Waals surface area (Å²) < 4.78 is 2.48. The summed E-state index contributed by atoms with van der Waals surface area (Å²) in [7, 11) is 0. The Balaban J connectivity index is 1.96. The number of para-hydroxylation sites is 1. The third-order valence-electron chi connectivity index (χ3n) is 4.12. The molecule has 0 radical (unpaired) electrons. The monoisotopic (exact) mass is 257 g/mol. The van der Waals surface area contributed by atoms with Crippen LogP contribution in [-0.2, 0) is 13.1 Å². The van der Waals surface area contributed by atoms with E-state index in [1.54, 1.807) is 0 Å². The summed E-state index contributed by atoms with van der Waals surface area (Å²) in [6.45, 7) is 11.1. The number of aryl methyl sites for hydroxylation is 2. The molecule has 0 spiro atoms. The van der Waals surface area contributed by atoms with Crippen molar-refractivity contribution in [2.45, 2.75) is 26.9 Å². The van der Waals surface area contributed by atoms with Gasteiger partial charge in [-0.1, -0.05) is 18.2 Å².